The first kappa shape index (κ1) is 14.3. The van der Waals surface area contributed by atoms with Gasteiger partial charge in [-0.05, 0) is 38.0 Å². The molecule has 6 nitrogen and oxygen atoms in total. The zero-order chi connectivity index (χ0) is 14.7. The van der Waals surface area contributed by atoms with E-state index in [1.165, 1.54) is 25.3 Å². The average molecular weight is 279 g/mol. The van der Waals surface area contributed by atoms with E-state index in [-0.39, 0.29) is 17.6 Å². The summed E-state index contributed by atoms with van der Waals surface area (Å²) in [5.41, 5.74) is 0.419. The number of aromatic carboxylic acids is 1. The molecular weight excluding hydrogens is 262 g/mol. The molecule has 1 saturated heterocycles. The molecule has 0 aromatic heterocycles. The van der Waals surface area contributed by atoms with Crippen molar-refractivity contribution in [3.8, 4) is 5.75 Å². The maximum Gasteiger partial charge on any atom is 0.335 e. The van der Waals surface area contributed by atoms with Gasteiger partial charge < -0.3 is 19.9 Å². The van der Waals surface area contributed by atoms with Crippen LogP contribution < -0.4 is 10.1 Å². The maximum atomic E-state index is 12.1. The lowest BCUT2D eigenvalue weighted by molar-refractivity contribution is -0.126. The highest BCUT2D eigenvalue weighted by Gasteiger charge is 2.28. The molecule has 1 fully saturated rings. The van der Waals surface area contributed by atoms with E-state index in [1.807, 2.05) is 6.92 Å². The van der Waals surface area contributed by atoms with Gasteiger partial charge in [-0.2, -0.15) is 0 Å². The Balaban J connectivity index is 2.16. The summed E-state index contributed by atoms with van der Waals surface area (Å²) in [5, 5.41) is 11.6. The van der Waals surface area contributed by atoms with E-state index in [4.69, 9.17) is 14.6 Å². The van der Waals surface area contributed by atoms with Gasteiger partial charge >= 0.3 is 5.97 Å². The van der Waals surface area contributed by atoms with Gasteiger partial charge in [0.2, 0.25) is 0 Å². The van der Waals surface area contributed by atoms with Crippen LogP contribution in [0.3, 0.4) is 0 Å². The van der Waals surface area contributed by atoms with Crippen LogP contribution in [0.4, 0.5) is 5.69 Å². The number of carbonyl (C=O) groups excluding carboxylic acids is 1. The molecule has 20 heavy (non-hydrogen) atoms. The molecule has 1 aliphatic rings. The molecule has 0 spiro atoms. The molecule has 6 heteroatoms. The number of anilines is 1. The van der Waals surface area contributed by atoms with Gasteiger partial charge in [-0.1, -0.05) is 0 Å². The maximum absolute atomic E-state index is 12.1. The lowest BCUT2D eigenvalue weighted by atomic mass is 10.1. The second kappa shape index (κ2) is 5.92. The van der Waals surface area contributed by atoms with Gasteiger partial charge in [-0.3, -0.25) is 4.79 Å². The van der Waals surface area contributed by atoms with Gasteiger partial charge in [0.15, 0.2) is 0 Å². The van der Waals surface area contributed by atoms with Crippen LogP contribution in [-0.2, 0) is 9.53 Å². The third-order valence-corrected chi connectivity index (χ3v) is 3.23. The quantitative estimate of drug-likeness (QED) is 0.879. The first-order valence-corrected chi connectivity index (χ1v) is 6.39. The molecule has 2 N–H and O–H groups in total. The molecule has 1 aromatic rings. The van der Waals surface area contributed by atoms with Crippen molar-refractivity contribution in [3.63, 3.8) is 0 Å². The van der Waals surface area contributed by atoms with Crippen LogP contribution in [0.15, 0.2) is 18.2 Å². The summed E-state index contributed by atoms with van der Waals surface area (Å²) in [7, 11) is 1.46. The van der Waals surface area contributed by atoms with E-state index >= 15 is 0 Å². The van der Waals surface area contributed by atoms with Crippen molar-refractivity contribution in [3.05, 3.63) is 23.8 Å². The fourth-order valence-electron chi connectivity index (χ4n) is 2.15. The number of carboxylic acids is 1. The summed E-state index contributed by atoms with van der Waals surface area (Å²) < 4.78 is 10.6. The first-order chi connectivity index (χ1) is 9.51. The predicted molar refractivity (Wildman–Crippen MR) is 72.2 cm³/mol. The zero-order valence-electron chi connectivity index (χ0n) is 11.4. The average Bonchev–Trinajstić information content (AvgIpc) is 2.85. The molecule has 1 aliphatic heterocycles. The largest absolute Gasteiger partial charge is 0.495 e. The van der Waals surface area contributed by atoms with Gasteiger partial charge in [0.25, 0.3) is 5.91 Å². The Morgan fingerprint density at radius 1 is 1.40 bits per heavy atom. The van der Waals surface area contributed by atoms with Crippen LogP contribution >= 0.6 is 0 Å². The number of hydrogen-bond donors (Lipinski definition) is 2. The summed E-state index contributed by atoms with van der Waals surface area (Å²) in [6, 6.07) is 4.31. The molecule has 0 saturated carbocycles. The van der Waals surface area contributed by atoms with Gasteiger partial charge in [0.1, 0.15) is 11.9 Å². The minimum Gasteiger partial charge on any atom is -0.495 e. The van der Waals surface area contributed by atoms with Crippen LogP contribution in [0.1, 0.15) is 30.1 Å². The Labute approximate surface area is 116 Å². The van der Waals surface area contributed by atoms with E-state index in [2.05, 4.69) is 5.32 Å². The number of nitrogens with one attached hydrogen (secondary N) is 1. The molecule has 2 unspecified atom stereocenters. The van der Waals surface area contributed by atoms with Crippen molar-refractivity contribution in [2.45, 2.75) is 32.0 Å². The number of methoxy groups -OCH3 is 1. The Bertz CT molecular complexity index is 528. The lowest BCUT2D eigenvalue weighted by Gasteiger charge is -2.14. The highest BCUT2D eigenvalue weighted by molar-refractivity contribution is 5.97. The van der Waals surface area contributed by atoms with Gasteiger partial charge in [0, 0.05) is 0 Å². The fraction of sp³-hybridized carbons (Fsp3) is 0.429. The van der Waals surface area contributed by atoms with Gasteiger partial charge in [-0.25, -0.2) is 4.79 Å². The van der Waals surface area contributed by atoms with Crippen molar-refractivity contribution in [1.82, 2.24) is 0 Å². The first-order valence-electron chi connectivity index (χ1n) is 6.39. The zero-order valence-corrected chi connectivity index (χ0v) is 11.4. The smallest absolute Gasteiger partial charge is 0.335 e. The number of carbonyl (C=O) groups is 2. The van der Waals surface area contributed by atoms with Crippen molar-refractivity contribution >= 4 is 17.6 Å². The van der Waals surface area contributed by atoms with Crippen molar-refractivity contribution in [2.24, 2.45) is 0 Å². The fourth-order valence-corrected chi connectivity index (χ4v) is 2.15. The van der Waals surface area contributed by atoms with Gasteiger partial charge in [-0.15, -0.1) is 0 Å². The number of rotatable bonds is 4. The highest BCUT2D eigenvalue weighted by atomic mass is 16.5. The minimum absolute atomic E-state index is 0.0676. The second-order valence-corrected chi connectivity index (χ2v) is 4.72. The van der Waals surface area contributed by atoms with E-state index in [9.17, 15) is 9.59 Å². The number of carboxylic acid groups (broad SMARTS) is 1. The van der Waals surface area contributed by atoms with Crippen molar-refractivity contribution in [1.29, 1.82) is 0 Å². The van der Waals surface area contributed by atoms with E-state index in [0.717, 1.165) is 6.42 Å². The molecule has 2 rings (SSSR count). The van der Waals surface area contributed by atoms with Crippen LogP contribution in [-0.4, -0.2) is 36.3 Å². The minimum atomic E-state index is -1.06. The highest BCUT2D eigenvalue weighted by Crippen LogP contribution is 2.27. The van der Waals surface area contributed by atoms with Crippen molar-refractivity contribution in [2.75, 3.05) is 12.4 Å². The van der Waals surface area contributed by atoms with Crippen molar-refractivity contribution < 1.29 is 24.2 Å². The molecule has 1 aromatic carbocycles. The lowest BCUT2D eigenvalue weighted by Crippen LogP contribution is -2.28. The van der Waals surface area contributed by atoms with E-state index in [1.54, 1.807) is 0 Å². The standard InChI is InChI=1S/C14H17NO5/c1-8-3-5-12(20-8)13(16)15-10-7-9(14(17)18)4-6-11(10)19-2/h4,6-8,12H,3,5H2,1-2H3,(H,15,16)(H,17,18). The third-order valence-electron chi connectivity index (χ3n) is 3.23. The predicted octanol–water partition coefficient (Wildman–Crippen LogP) is 1.90. The molecule has 1 heterocycles. The van der Waals surface area contributed by atoms with Crippen LogP contribution in [0.25, 0.3) is 0 Å². The van der Waals surface area contributed by atoms with Gasteiger partial charge in [0.05, 0.1) is 24.5 Å². The molecule has 2 atom stereocenters. The third kappa shape index (κ3) is 3.08. The molecule has 0 bridgehead atoms. The summed E-state index contributed by atoms with van der Waals surface area (Å²) in [6.07, 6.45) is 1.07. The Morgan fingerprint density at radius 3 is 2.70 bits per heavy atom. The topological polar surface area (TPSA) is 84.9 Å². The van der Waals surface area contributed by atoms with E-state index < -0.39 is 12.1 Å². The SMILES string of the molecule is COc1ccc(C(=O)O)cc1NC(=O)C1CCC(C)O1. The van der Waals surface area contributed by atoms with Crippen LogP contribution in [0.5, 0.6) is 5.75 Å². The normalized spacial score (nSPS) is 21.5. The molecular formula is C14H17NO5. The molecule has 1 amide bonds. The Hall–Kier alpha value is -2.08. The summed E-state index contributed by atoms with van der Waals surface area (Å²) in [5.74, 6) is -0.932. The van der Waals surface area contributed by atoms with Crippen LogP contribution in [0.2, 0.25) is 0 Å². The number of benzene rings is 1. The monoisotopic (exact) mass is 279 g/mol. The Kier molecular flexibility index (Phi) is 4.24. The number of hydrogen-bond acceptors (Lipinski definition) is 4. The van der Waals surface area contributed by atoms with E-state index in [0.29, 0.717) is 17.9 Å². The second-order valence-electron chi connectivity index (χ2n) is 4.72. The number of amides is 1. The molecule has 0 radical (unpaired) electrons. The summed E-state index contributed by atoms with van der Waals surface area (Å²) >= 11 is 0. The Morgan fingerprint density at radius 2 is 2.15 bits per heavy atom. The molecule has 108 valence electrons. The molecule has 0 aliphatic carbocycles. The number of ether oxygens (including phenoxy) is 2. The van der Waals surface area contributed by atoms with Crippen LogP contribution in [0, 0.1) is 0 Å². The summed E-state index contributed by atoms with van der Waals surface area (Å²) in [4.78, 5) is 23.0. The summed E-state index contributed by atoms with van der Waals surface area (Å²) in [6.45, 7) is 1.92.